The van der Waals surface area contributed by atoms with Gasteiger partial charge < -0.3 is 15.0 Å². The van der Waals surface area contributed by atoms with Gasteiger partial charge in [0.2, 0.25) is 11.8 Å². The van der Waals surface area contributed by atoms with Gasteiger partial charge in [-0.25, -0.2) is 0 Å². The maximum Gasteiger partial charge on any atom is 0.234 e. The highest BCUT2D eigenvalue weighted by atomic mass is 16.5. The summed E-state index contributed by atoms with van der Waals surface area (Å²) < 4.78 is 5.74. The highest BCUT2D eigenvalue weighted by molar-refractivity contribution is 5.79. The Morgan fingerprint density at radius 2 is 1.57 bits per heavy atom. The fourth-order valence-corrected chi connectivity index (χ4v) is 4.81. The van der Waals surface area contributed by atoms with Crippen molar-refractivity contribution in [2.45, 2.75) is 58.2 Å². The second-order valence-corrected chi connectivity index (χ2v) is 8.80. The third-order valence-corrected chi connectivity index (χ3v) is 6.25. The summed E-state index contributed by atoms with van der Waals surface area (Å²) in [5.41, 5.74) is 0. The number of ether oxygens (including phenoxy) is 1. The van der Waals surface area contributed by atoms with Crippen LogP contribution in [-0.4, -0.2) is 97.6 Å². The van der Waals surface area contributed by atoms with E-state index in [1.54, 1.807) is 0 Å². The minimum Gasteiger partial charge on any atom is -0.373 e. The maximum absolute atomic E-state index is 12.6. The fraction of sp³-hybridized carbons (Fsp3) is 0.905. The molecule has 2 saturated heterocycles. The molecule has 0 aromatic carbocycles. The molecule has 2 heterocycles. The summed E-state index contributed by atoms with van der Waals surface area (Å²) >= 11 is 0. The van der Waals surface area contributed by atoms with Crippen LogP contribution in [0.15, 0.2) is 0 Å². The van der Waals surface area contributed by atoms with E-state index >= 15 is 0 Å². The molecule has 1 aliphatic carbocycles. The average Bonchev–Trinajstić information content (AvgIpc) is 2.68. The zero-order valence-electron chi connectivity index (χ0n) is 17.7. The number of nitrogens with one attached hydrogen (secondary N) is 1. The van der Waals surface area contributed by atoms with Crippen LogP contribution in [-0.2, 0) is 14.3 Å². The summed E-state index contributed by atoms with van der Waals surface area (Å²) in [5, 5.41) is 3.05. The molecule has 2 unspecified atom stereocenters. The Labute approximate surface area is 169 Å². The second-order valence-electron chi connectivity index (χ2n) is 8.80. The molecule has 3 aliphatic rings. The van der Waals surface area contributed by atoms with Crippen LogP contribution < -0.4 is 5.32 Å². The van der Waals surface area contributed by atoms with Crippen LogP contribution in [0.25, 0.3) is 0 Å². The van der Waals surface area contributed by atoms with Crippen molar-refractivity contribution in [3.63, 3.8) is 0 Å². The standard InChI is InChI=1S/C21H38N4O3/c1-17-14-24(15-18(2)28-17)9-8-22-20(26)16-23-10-12-25(13-11-23)21(27)19-6-4-3-5-7-19/h17-19H,3-16H2,1-2H3,(H,22,26). The molecule has 0 aromatic rings. The van der Waals surface area contributed by atoms with Crippen molar-refractivity contribution in [3.05, 3.63) is 0 Å². The molecule has 2 amide bonds. The number of nitrogens with zero attached hydrogens (tertiary/aromatic N) is 3. The third-order valence-electron chi connectivity index (χ3n) is 6.25. The van der Waals surface area contributed by atoms with E-state index in [4.69, 9.17) is 4.74 Å². The topological polar surface area (TPSA) is 65.1 Å². The lowest BCUT2D eigenvalue weighted by molar-refractivity contribution is -0.138. The average molecular weight is 395 g/mol. The largest absolute Gasteiger partial charge is 0.373 e. The molecule has 2 aliphatic heterocycles. The number of hydrogen-bond donors (Lipinski definition) is 1. The Bertz CT molecular complexity index is 506. The normalized spacial score (nSPS) is 28.3. The molecule has 160 valence electrons. The Morgan fingerprint density at radius 1 is 0.929 bits per heavy atom. The molecule has 0 spiro atoms. The summed E-state index contributed by atoms with van der Waals surface area (Å²) in [4.78, 5) is 31.4. The van der Waals surface area contributed by atoms with Gasteiger partial charge in [0.15, 0.2) is 0 Å². The number of morpholine rings is 1. The summed E-state index contributed by atoms with van der Waals surface area (Å²) in [7, 11) is 0. The lowest BCUT2D eigenvalue weighted by Gasteiger charge is -2.37. The van der Waals surface area contributed by atoms with Crippen molar-refractivity contribution in [1.29, 1.82) is 0 Å². The summed E-state index contributed by atoms with van der Waals surface area (Å²) in [6, 6.07) is 0. The number of hydrogen-bond acceptors (Lipinski definition) is 5. The van der Waals surface area contributed by atoms with Gasteiger partial charge in [-0.15, -0.1) is 0 Å². The van der Waals surface area contributed by atoms with E-state index in [2.05, 4.69) is 29.0 Å². The Hall–Kier alpha value is -1.18. The van der Waals surface area contributed by atoms with E-state index in [0.29, 0.717) is 19.0 Å². The number of amides is 2. The van der Waals surface area contributed by atoms with Gasteiger partial charge in [0.25, 0.3) is 0 Å². The van der Waals surface area contributed by atoms with E-state index in [1.165, 1.54) is 19.3 Å². The molecule has 7 nitrogen and oxygen atoms in total. The van der Waals surface area contributed by atoms with E-state index in [-0.39, 0.29) is 24.0 Å². The predicted molar refractivity (Wildman–Crippen MR) is 109 cm³/mol. The molecule has 1 saturated carbocycles. The monoisotopic (exact) mass is 394 g/mol. The van der Waals surface area contributed by atoms with Crippen molar-refractivity contribution in [2.75, 3.05) is 58.9 Å². The van der Waals surface area contributed by atoms with Crippen LogP contribution in [0.1, 0.15) is 46.0 Å². The minimum absolute atomic E-state index is 0.0846. The van der Waals surface area contributed by atoms with Crippen molar-refractivity contribution < 1.29 is 14.3 Å². The smallest absolute Gasteiger partial charge is 0.234 e. The SMILES string of the molecule is CC1CN(CCNC(=O)CN2CCN(C(=O)C3CCCCC3)CC2)CC(C)O1. The molecule has 0 aromatic heterocycles. The van der Waals surface area contributed by atoms with E-state index in [9.17, 15) is 9.59 Å². The molecule has 0 bridgehead atoms. The van der Waals surface area contributed by atoms with Gasteiger partial charge >= 0.3 is 0 Å². The quantitative estimate of drug-likeness (QED) is 0.726. The summed E-state index contributed by atoms with van der Waals surface area (Å²) in [6.45, 7) is 11.1. The predicted octanol–water partition coefficient (Wildman–Crippen LogP) is 0.936. The molecule has 7 heteroatoms. The van der Waals surface area contributed by atoms with Crippen molar-refractivity contribution in [3.8, 4) is 0 Å². The van der Waals surface area contributed by atoms with Gasteiger partial charge in [-0.1, -0.05) is 19.3 Å². The molecule has 1 N–H and O–H groups in total. The lowest BCUT2D eigenvalue weighted by Crippen LogP contribution is -2.53. The van der Waals surface area contributed by atoms with Crippen LogP contribution in [0.5, 0.6) is 0 Å². The molecular formula is C21H38N4O3. The Balaban J connectivity index is 1.30. The number of carbonyl (C=O) groups is 2. The molecule has 3 fully saturated rings. The first-order valence-corrected chi connectivity index (χ1v) is 11.2. The molecular weight excluding hydrogens is 356 g/mol. The minimum atomic E-state index is 0.0846. The van der Waals surface area contributed by atoms with Crippen LogP contribution >= 0.6 is 0 Å². The first-order chi connectivity index (χ1) is 13.5. The van der Waals surface area contributed by atoms with Crippen molar-refractivity contribution in [2.24, 2.45) is 5.92 Å². The van der Waals surface area contributed by atoms with Gasteiger partial charge in [-0.3, -0.25) is 19.4 Å². The molecule has 2 atom stereocenters. The molecule has 28 heavy (non-hydrogen) atoms. The van der Waals surface area contributed by atoms with Crippen molar-refractivity contribution >= 4 is 11.8 Å². The van der Waals surface area contributed by atoms with Crippen LogP contribution in [0.3, 0.4) is 0 Å². The number of piperazine rings is 1. The van der Waals surface area contributed by atoms with E-state index in [0.717, 1.165) is 58.7 Å². The van der Waals surface area contributed by atoms with Gasteiger partial charge in [0.05, 0.1) is 18.8 Å². The summed E-state index contributed by atoms with van der Waals surface area (Å²) in [5.74, 6) is 0.674. The zero-order chi connectivity index (χ0) is 19.9. The van der Waals surface area contributed by atoms with Gasteiger partial charge in [0.1, 0.15) is 0 Å². The Kier molecular flexibility index (Phi) is 8.11. The third kappa shape index (κ3) is 6.42. The van der Waals surface area contributed by atoms with E-state index < -0.39 is 0 Å². The van der Waals surface area contributed by atoms with Gasteiger partial charge in [-0.2, -0.15) is 0 Å². The molecule has 0 radical (unpaired) electrons. The first-order valence-electron chi connectivity index (χ1n) is 11.2. The van der Waals surface area contributed by atoms with E-state index in [1.807, 2.05) is 4.90 Å². The zero-order valence-corrected chi connectivity index (χ0v) is 17.7. The highest BCUT2D eigenvalue weighted by Gasteiger charge is 2.29. The lowest BCUT2D eigenvalue weighted by atomic mass is 9.88. The maximum atomic E-state index is 12.6. The first kappa shape index (κ1) is 21.5. The van der Waals surface area contributed by atoms with Crippen molar-refractivity contribution in [1.82, 2.24) is 20.0 Å². The second kappa shape index (κ2) is 10.6. The van der Waals surface area contributed by atoms with Crippen LogP contribution in [0.4, 0.5) is 0 Å². The fourth-order valence-electron chi connectivity index (χ4n) is 4.81. The van der Waals surface area contributed by atoms with Gasteiger partial charge in [-0.05, 0) is 26.7 Å². The number of carbonyl (C=O) groups excluding carboxylic acids is 2. The summed E-state index contributed by atoms with van der Waals surface area (Å²) in [6.07, 6.45) is 6.29. The molecule has 3 rings (SSSR count). The number of rotatable bonds is 6. The van der Waals surface area contributed by atoms with Gasteiger partial charge in [0, 0.05) is 58.3 Å². The highest BCUT2D eigenvalue weighted by Crippen LogP contribution is 2.25. The Morgan fingerprint density at radius 3 is 2.21 bits per heavy atom. The van der Waals surface area contributed by atoms with Crippen LogP contribution in [0, 0.1) is 5.92 Å². The van der Waals surface area contributed by atoms with Crippen LogP contribution in [0.2, 0.25) is 0 Å².